The molecule has 0 aliphatic rings. The van der Waals surface area contributed by atoms with Gasteiger partial charge in [-0.3, -0.25) is 0 Å². The van der Waals surface area contributed by atoms with Crippen molar-refractivity contribution in [3.05, 3.63) is 72.6 Å². The third-order valence-electron chi connectivity index (χ3n) is 4.41. The maximum Gasteiger partial charge on any atom is 0.362 e. The van der Waals surface area contributed by atoms with E-state index >= 15 is 0 Å². The number of nitrogens with one attached hydrogen (secondary N) is 1. The molecule has 0 heterocycles. The summed E-state index contributed by atoms with van der Waals surface area (Å²) in [5.41, 5.74) is 3.34. The van der Waals surface area contributed by atoms with Crippen molar-refractivity contribution in [2.24, 2.45) is 0 Å². The van der Waals surface area contributed by atoms with Crippen LogP contribution in [0.4, 0.5) is 10.1 Å². The fourth-order valence-electron chi connectivity index (χ4n) is 2.70. The standard InChI is InChI=1S/C24H28FNO5/c1-2-23(27)30-18-8-6-4-3-5-7-17-29-22-15-9-19(10-16-22)24(28)31-26-21-13-11-20(25)12-14-21/h2,9-16,26H,1,3-8,17-18H2. The van der Waals surface area contributed by atoms with Gasteiger partial charge in [0.15, 0.2) is 0 Å². The molecule has 0 atom stereocenters. The Bertz CT molecular complexity index is 821. The molecule has 7 heteroatoms. The van der Waals surface area contributed by atoms with Gasteiger partial charge in [-0.25, -0.2) is 19.5 Å². The zero-order valence-corrected chi connectivity index (χ0v) is 17.5. The molecule has 0 radical (unpaired) electrons. The van der Waals surface area contributed by atoms with Crippen LogP contribution in [0, 0.1) is 5.82 Å². The minimum atomic E-state index is -0.546. The van der Waals surface area contributed by atoms with E-state index in [0.29, 0.717) is 30.2 Å². The summed E-state index contributed by atoms with van der Waals surface area (Å²) in [6.45, 7) is 4.40. The number of ether oxygens (including phenoxy) is 2. The molecule has 0 spiro atoms. The van der Waals surface area contributed by atoms with Crippen LogP contribution in [0.1, 0.15) is 48.9 Å². The molecule has 0 saturated carbocycles. The van der Waals surface area contributed by atoms with Gasteiger partial charge in [0, 0.05) is 6.08 Å². The molecule has 0 fully saturated rings. The third-order valence-corrected chi connectivity index (χ3v) is 4.41. The lowest BCUT2D eigenvalue weighted by molar-refractivity contribution is -0.137. The lowest BCUT2D eigenvalue weighted by Crippen LogP contribution is -2.10. The highest BCUT2D eigenvalue weighted by molar-refractivity contribution is 5.90. The van der Waals surface area contributed by atoms with Gasteiger partial charge in [0.25, 0.3) is 0 Å². The molecule has 2 aromatic rings. The summed E-state index contributed by atoms with van der Waals surface area (Å²) in [5.74, 6) is -0.595. The second-order valence-electron chi connectivity index (χ2n) is 6.86. The molecular weight excluding hydrogens is 401 g/mol. The summed E-state index contributed by atoms with van der Waals surface area (Å²) >= 11 is 0. The van der Waals surface area contributed by atoms with Gasteiger partial charge >= 0.3 is 11.9 Å². The molecule has 166 valence electrons. The third kappa shape index (κ3) is 9.80. The molecule has 31 heavy (non-hydrogen) atoms. The van der Waals surface area contributed by atoms with Crippen LogP contribution in [-0.2, 0) is 14.4 Å². The summed E-state index contributed by atoms with van der Waals surface area (Å²) in [6.07, 6.45) is 7.26. The first-order chi connectivity index (χ1) is 15.1. The Balaban J connectivity index is 1.54. The van der Waals surface area contributed by atoms with Gasteiger partial charge < -0.3 is 14.3 Å². The van der Waals surface area contributed by atoms with E-state index in [1.54, 1.807) is 24.3 Å². The highest BCUT2D eigenvalue weighted by atomic mass is 19.1. The normalized spacial score (nSPS) is 10.2. The number of unbranched alkanes of at least 4 members (excludes halogenated alkanes) is 5. The number of carbonyl (C=O) groups excluding carboxylic acids is 2. The molecule has 6 nitrogen and oxygen atoms in total. The average molecular weight is 429 g/mol. The SMILES string of the molecule is C=CC(=O)OCCCCCCCCOc1ccc(C(=O)ONc2ccc(F)cc2)cc1. The Morgan fingerprint density at radius 1 is 0.871 bits per heavy atom. The molecule has 0 saturated heterocycles. The lowest BCUT2D eigenvalue weighted by Gasteiger charge is -2.08. The molecule has 0 amide bonds. The van der Waals surface area contributed by atoms with Crippen LogP contribution in [0.2, 0.25) is 0 Å². The van der Waals surface area contributed by atoms with E-state index in [4.69, 9.17) is 14.3 Å². The molecule has 2 aromatic carbocycles. The Hall–Kier alpha value is -3.35. The fraction of sp³-hybridized carbons (Fsp3) is 0.333. The molecule has 0 aromatic heterocycles. The lowest BCUT2D eigenvalue weighted by atomic mass is 10.1. The summed E-state index contributed by atoms with van der Waals surface area (Å²) in [7, 11) is 0. The first kappa shape index (κ1) is 23.9. The van der Waals surface area contributed by atoms with Gasteiger partial charge in [-0.15, -0.1) is 0 Å². The zero-order chi connectivity index (χ0) is 22.3. The van der Waals surface area contributed by atoms with E-state index in [1.807, 2.05) is 0 Å². The van der Waals surface area contributed by atoms with Crippen LogP contribution in [-0.4, -0.2) is 25.2 Å². The van der Waals surface area contributed by atoms with E-state index in [1.165, 1.54) is 30.3 Å². The largest absolute Gasteiger partial charge is 0.494 e. The predicted molar refractivity (Wildman–Crippen MR) is 116 cm³/mol. The molecule has 2 rings (SSSR count). The van der Waals surface area contributed by atoms with Crippen molar-refractivity contribution in [3.8, 4) is 5.75 Å². The monoisotopic (exact) mass is 429 g/mol. The average Bonchev–Trinajstić information content (AvgIpc) is 2.79. The molecular formula is C24H28FNO5. The van der Waals surface area contributed by atoms with Crippen LogP contribution in [0.25, 0.3) is 0 Å². The smallest absolute Gasteiger partial charge is 0.362 e. The molecule has 0 aliphatic carbocycles. The first-order valence-electron chi connectivity index (χ1n) is 10.3. The van der Waals surface area contributed by atoms with Crippen LogP contribution >= 0.6 is 0 Å². The van der Waals surface area contributed by atoms with Crippen molar-refractivity contribution in [3.63, 3.8) is 0 Å². The van der Waals surface area contributed by atoms with Crippen molar-refractivity contribution in [1.29, 1.82) is 0 Å². The summed E-state index contributed by atoms with van der Waals surface area (Å²) in [5, 5.41) is 0. The number of rotatable bonds is 14. The van der Waals surface area contributed by atoms with Crippen molar-refractivity contribution in [2.45, 2.75) is 38.5 Å². The topological polar surface area (TPSA) is 73.9 Å². The van der Waals surface area contributed by atoms with Gasteiger partial charge in [0.1, 0.15) is 11.6 Å². The fourth-order valence-corrected chi connectivity index (χ4v) is 2.70. The van der Waals surface area contributed by atoms with Gasteiger partial charge in [0.05, 0.1) is 24.5 Å². The number of halogens is 1. The van der Waals surface area contributed by atoms with Crippen molar-refractivity contribution in [2.75, 3.05) is 18.7 Å². The summed E-state index contributed by atoms with van der Waals surface area (Å²) in [4.78, 5) is 27.9. The molecule has 0 bridgehead atoms. The Kier molecular flexibility index (Phi) is 10.6. The van der Waals surface area contributed by atoms with Crippen LogP contribution in [0.5, 0.6) is 5.75 Å². The molecule has 1 N–H and O–H groups in total. The Morgan fingerprint density at radius 2 is 1.48 bits per heavy atom. The van der Waals surface area contributed by atoms with Gasteiger partial charge in [0.2, 0.25) is 0 Å². The van der Waals surface area contributed by atoms with Gasteiger partial charge in [-0.05, 0) is 61.4 Å². The second kappa shape index (κ2) is 13.8. The first-order valence-corrected chi connectivity index (χ1v) is 10.3. The number of esters is 1. The van der Waals surface area contributed by atoms with Crippen molar-refractivity contribution in [1.82, 2.24) is 0 Å². The van der Waals surface area contributed by atoms with E-state index in [9.17, 15) is 14.0 Å². The molecule has 0 aliphatic heterocycles. The van der Waals surface area contributed by atoms with E-state index in [2.05, 4.69) is 12.1 Å². The van der Waals surface area contributed by atoms with E-state index in [0.717, 1.165) is 38.5 Å². The van der Waals surface area contributed by atoms with Crippen molar-refractivity contribution >= 4 is 17.6 Å². The highest BCUT2D eigenvalue weighted by Gasteiger charge is 2.08. The number of anilines is 1. The minimum Gasteiger partial charge on any atom is -0.494 e. The van der Waals surface area contributed by atoms with Crippen LogP contribution < -0.4 is 10.2 Å². The zero-order valence-electron chi connectivity index (χ0n) is 17.5. The minimum absolute atomic E-state index is 0.365. The maximum atomic E-state index is 12.9. The van der Waals surface area contributed by atoms with E-state index in [-0.39, 0.29) is 11.8 Å². The Morgan fingerprint density at radius 3 is 2.13 bits per heavy atom. The highest BCUT2D eigenvalue weighted by Crippen LogP contribution is 2.15. The predicted octanol–water partition coefficient (Wildman–Crippen LogP) is 5.46. The molecule has 0 unspecified atom stereocenters. The summed E-state index contributed by atoms with van der Waals surface area (Å²) < 4.78 is 23.5. The summed E-state index contributed by atoms with van der Waals surface area (Å²) in [6, 6.07) is 12.2. The number of benzene rings is 2. The van der Waals surface area contributed by atoms with Gasteiger partial charge in [-0.1, -0.05) is 32.3 Å². The maximum absolute atomic E-state index is 12.9. The number of hydrogen-bond acceptors (Lipinski definition) is 6. The number of hydrogen-bond donors (Lipinski definition) is 1. The van der Waals surface area contributed by atoms with Crippen molar-refractivity contribution < 1.29 is 28.3 Å². The van der Waals surface area contributed by atoms with Gasteiger partial charge in [-0.2, -0.15) is 0 Å². The van der Waals surface area contributed by atoms with E-state index < -0.39 is 5.97 Å². The quantitative estimate of drug-likeness (QED) is 0.186. The van der Waals surface area contributed by atoms with Crippen LogP contribution in [0.15, 0.2) is 61.2 Å². The second-order valence-corrected chi connectivity index (χ2v) is 6.86. The number of carbonyl (C=O) groups is 2. The van der Waals surface area contributed by atoms with Crippen LogP contribution in [0.3, 0.4) is 0 Å². The Labute approximate surface area is 182 Å².